The molecule has 3 rings (SSSR count). The Balaban J connectivity index is 1.47. The summed E-state index contributed by atoms with van der Waals surface area (Å²) >= 11 is 1.91. The molecule has 1 spiro atoms. The average Bonchev–Trinajstić information content (AvgIpc) is 2.96. The van der Waals surface area contributed by atoms with Gasteiger partial charge >= 0.3 is 0 Å². The molecule has 1 N–H and O–H groups in total. The number of hydrogen-bond acceptors (Lipinski definition) is 5. The van der Waals surface area contributed by atoms with Gasteiger partial charge in [-0.3, -0.25) is 0 Å². The first kappa shape index (κ1) is 18.2. The van der Waals surface area contributed by atoms with Crippen molar-refractivity contribution >= 4 is 11.9 Å². The van der Waals surface area contributed by atoms with Crippen LogP contribution < -0.4 is 5.32 Å². The molecule has 2 heterocycles. The van der Waals surface area contributed by atoms with Crippen molar-refractivity contribution in [2.45, 2.75) is 49.6 Å². The Morgan fingerprint density at radius 3 is 2.83 bits per heavy atom. The molecule has 24 heavy (non-hydrogen) atoms. The lowest BCUT2D eigenvalue weighted by molar-refractivity contribution is -0.0300. The van der Waals surface area contributed by atoms with Crippen molar-refractivity contribution in [1.82, 2.24) is 9.62 Å². The molecular weight excluding hydrogens is 320 g/mol. The molecule has 5 heteroatoms. The number of ether oxygens (including phenoxy) is 2. The molecular formula is C19H30N2O2S. The minimum atomic E-state index is 0.101. The topological polar surface area (TPSA) is 33.7 Å². The number of nitrogens with zero attached hydrogens (tertiary/aromatic N) is 1. The van der Waals surface area contributed by atoms with Gasteiger partial charge in [0.25, 0.3) is 0 Å². The second-order valence-corrected chi connectivity index (χ2v) is 8.27. The van der Waals surface area contributed by atoms with Crippen molar-refractivity contribution in [3.05, 3.63) is 29.3 Å². The monoisotopic (exact) mass is 350 g/mol. The first-order valence-electron chi connectivity index (χ1n) is 8.97. The van der Waals surface area contributed by atoms with E-state index in [0.29, 0.717) is 6.04 Å². The van der Waals surface area contributed by atoms with Crippen LogP contribution in [0.2, 0.25) is 0 Å². The highest BCUT2D eigenvalue weighted by molar-refractivity contribution is 7.97. The summed E-state index contributed by atoms with van der Waals surface area (Å²) in [5.74, 6) is 0. The van der Waals surface area contributed by atoms with Gasteiger partial charge in [-0.05, 0) is 56.7 Å². The van der Waals surface area contributed by atoms with Crippen molar-refractivity contribution in [2.75, 3.05) is 40.0 Å². The van der Waals surface area contributed by atoms with Gasteiger partial charge in [-0.2, -0.15) is 0 Å². The molecule has 1 unspecified atom stereocenters. The third-order valence-corrected chi connectivity index (χ3v) is 6.42. The summed E-state index contributed by atoms with van der Waals surface area (Å²) in [5.41, 5.74) is 2.81. The van der Waals surface area contributed by atoms with E-state index >= 15 is 0 Å². The molecule has 134 valence electrons. The van der Waals surface area contributed by atoms with Gasteiger partial charge in [0.1, 0.15) is 0 Å². The predicted octanol–water partition coefficient (Wildman–Crippen LogP) is 3.17. The van der Waals surface area contributed by atoms with E-state index in [9.17, 15) is 0 Å². The highest BCUT2D eigenvalue weighted by atomic mass is 32.2. The van der Waals surface area contributed by atoms with Gasteiger partial charge in [-0.1, -0.05) is 17.7 Å². The lowest BCUT2D eigenvalue weighted by Gasteiger charge is -2.38. The van der Waals surface area contributed by atoms with Gasteiger partial charge < -0.3 is 14.8 Å². The fourth-order valence-corrected chi connectivity index (χ4v) is 4.69. The van der Waals surface area contributed by atoms with Crippen LogP contribution in [0.4, 0.5) is 0 Å². The average molecular weight is 351 g/mol. The van der Waals surface area contributed by atoms with Gasteiger partial charge in [0.05, 0.1) is 18.8 Å². The lowest BCUT2D eigenvalue weighted by Crippen LogP contribution is -2.42. The van der Waals surface area contributed by atoms with E-state index in [4.69, 9.17) is 9.47 Å². The number of methoxy groups -OCH3 is 1. The van der Waals surface area contributed by atoms with Crippen molar-refractivity contribution in [3.8, 4) is 0 Å². The maximum atomic E-state index is 6.22. The molecule has 0 aromatic heterocycles. The van der Waals surface area contributed by atoms with Crippen molar-refractivity contribution in [3.63, 3.8) is 0 Å². The Kier molecular flexibility index (Phi) is 6.22. The zero-order valence-electron chi connectivity index (χ0n) is 15.1. The van der Waals surface area contributed by atoms with E-state index in [2.05, 4.69) is 41.7 Å². The SMILES string of the molecule is COCCNC1COC2(CCN(Sc3ccc(C)cc3C)CC2)C1. The van der Waals surface area contributed by atoms with Crippen LogP contribution in [0.3, 0.4) is 0 Å². The first-order valence-corrected chi connectivity index (χ1v) is 9.74. The Bertz CT molecular complexity index is 544. The van der Waals surface area contributed by atoms with E-state index in [1.807, 2.05) is 11.9 Å². The Hall–Kier alpha value is -0.590. The number of hydrogen-bond donors (Lipinski definition) is 1. The first-order chi connectivity index (χ1) is 11.6. The molecule has 0 aliphatic carbocycles. The van der Waals surface area contributed by atoms with Gasteiger partial charge in [0.2, 0.25) is 0 Å². The van der Waals surface area contributed by atoms with Crippen LogP contribution in [0, 0.1) is 13.8 Å². The number of nitrogens with one attached hydrogen (secondary N) is 1. The fraction of sp³-hybridized carbons (Fsp3) is 0.684. The Labute approximate surface area is 150 Å². The molecule has 0 saturated carbocycles. The third kappa shape index (κ3) is 4.52. The van der Waals surface area contributed by atoms with E-state index in [1.54, 1.807) is 7.11 Å². The molecule has 1 aromatic rings. The second kappa shape index (κ2) is 8.19. The van der Waals surface area contributed by atoms with E-state index in [0.717, 1.165) is 52.1 Å². The van der Waals surface area contributed by atoms with Crippen LogP contribution in [0.15, 0.2) is 23.1 Å². The van der Waals surface area contributed by atoms with Gasteiger partial charge in [0, 0.05) is 37.7 Å². The van der Waals surface area contributed by atoms with Gasteiger partial charge in [-0.25, -0.2) is 4.31 Å². The summed E-state index contributed by atoms with van der Waals surface area (Å²) in [7, 11) is 1.75. The molecule has 2 aliphatic heterocycles. The number of rotatable bonds is 6. The Morgan fingerprint density at radius 2 is 2.12 bits per heavy atom. The molecule has 1 aromatic carbocycles. The highest BCUT2D eigenvalue weighted by Crippen LogP contribution is 2.39. The molecule has 2 saturated heterocycles. The highest BCUT2D eigenvalue weighted by Gasteiger charge is 2.42. The van der Waals surface area contributed by atoms with Crippen LogP contribution in [0.25, 0.3) is 0 Å². The predicted molar refractivity (Wildman–Crippen MR) is 99.5 cm³/mol. The van der Waals surface area contributed by atoms with Gasteiger partial charge in [-0.15, -0.1) is 0 Å². The van der Waals surface area contributed by atoms with Crippen molar-refractivity contribution in [2.24, 2.45) is 0 Å². The van der Waals surface area contributed by atoms with Crippen LogP contribution in [0.1, 0.15) is 30.4 Å². The van der Waals surface area contributed by atoms with Crippen molar-refractivity contribution < 1.29 is 9.47 Å². The minimum absolute atomic E-state index is 0.101. The fourth-order valence-electron chi connectivity index (χ4n) is 3.71. The molecule has 2 fully saturated rings. The van der Waals surface area contributed by atoms with Crippen LogP contribution >= 0.6 is 11.9 Å². The third-order valence-electron chi connectivity index (χ3n) is 5.14. The second-order valence-electron chi connectivity index (χ2n) is 7.13. The lowest BCUT2D eigenvalue weighted by atomic mass is 9.88. The maximum Gasteiger partial charge on any atom is 0.0724 e. The standard InChI is InChI=1S/C19H30N2O2S/c1-15-4-5-18(16(2)12-15)24-21-9-6-19(7-10-21)13-17(14-23-19)20-8-11-22-3/h4-5,12,17,20H,6-11,13-14H2,1-3H3. The van der Waals surface area contributed by atoms with Crippen LogP contribution in [-0.2, 0) is 9.47 Å². The zero-order chi connectivity index (χ0) is 17.0. The summed E-state index contributed by atoms with van der Waals surface area (Å²) < 4.78 is 13.8. The van der Waals surface area contributed by atoms with Crippen LogP contribution in [-0.4, -0.2) is 55.9 Å². The van der Waals surface area contributed by atoms with E-state index in [-0.39, 0.29) is 5.60 Å². The number of aryl methyl sites for hydroxylation is 2. The largest absolute Gasteiger partial charge is 0.383 e. The summed E-state index contributed by atoms with van der Waals surface area (Å²) in [4.78, 5) is 1.38. The Morgan fingerprint density at radius 1 is 1.33 bits per heavy atom. The van der Waals surface area contributed by atoms with E-state index in [1.165, 1.54) is 16.0 Å². The summed E-state index contributed by atoms with van der Waals surface area (Å²) in [6.07, 6.45) is 3.40. The number of piperidine rings is 1. The summed E-state index contributed by atoms with van der Waals surface area (Å²) in [5, 5.41) is 3.55. The smallest absolute Gasteiger partial charge is 0.0724 e. The molecule has 2 aliphatic rings. The summed E-state index contributed by atoms with van der Waals surface area (Å²) in [6.45, 7) is 9.08. The molecule has 1 atom stereocenters. The summed E-state index contributed by atoms with van der Waals surface area (Å²) in [6, 6.07) is 7.21. The van der Waals surface area contributed by atoms with Gasteiger partial charge in [0.15, 0.2) is 0 Å². The molecule has 0 radical (unpaired) electrons. The van der Waals surface area contributed by atoms with Crippen molar-refractivity contribution in [1.29, 1.82) is 0 Å². The quantitative estimate of drug-likeness (QED) is 0.629. The van der Waals surface area contributed by atoms with E-state index < -0.39 is 0 Å². The minimum Gasteiger partial charge on any atom is -0.383 e. The molecule has 4 nitrogen and oxygen atoms in total. The normalized spacial score (nSPS) is 23.9. The molecule has 0 bridgehead atoms. The molecule has 0 amide bonds. The maximum absolute atomic E-state index is 6.22. The zero-order valence-corrected chi connectivity index (χ0v) is 16.0. The number of benzene rings is 1. The van der Waals surface area contributed by atoms with Crippen LogP contribution in [0.5, 0.6) is 0 Å².